The smallest absolute Gasteiger partial charge is 0.0918 e. The van der Waals surface area contributed by atoms with E-state index < -0.39 is 0 Å². The molecule has 2 rings (SSSR count). The largest absolute Gasteiger partial charge is 0.264 e. The standard InChI is InChI=1S/C14H8Cl2N2/c15-12-6-11(7-13(16)8-12)14(3-4-17)10-2-1-5-18-9-10/h1-3,5-9H. The van der Waals surface area contributed by atoms with Crippen molar-refractivity contribution in [2.45, 2.75) is 0 Å². The molecule has 0 fully saturated rings. The first kappa shape index (κ1) is 12.6. The molecule has 0 aliphatic rings. The van der Waals surface area contributed by atoms with Gasteiger partial charge in [-0.15, -0.1) is 0 Å². The van der Waals surface area contributed by atoms with Crippen molar-refractivity contribution in [2.24, 2.45) is 0 Å². The Balaban J connectivity index is 2.57. The fourth-order valence-corrected chi connectivity index (χ4v) is 2.16. The van der Waals surface area contributed by atoms with E-state index in [0.29, 0.717) is 10.0 Å². The fourth-order valence-electron chi connectivity index (χ4n) is 1.63. The molecule has 1 aromatic carbocycles. The molecule has 88 valence electrons. The van der Waals surface area contributed by atoms with Crippen LogP contribution in [-0.2, 0) is 0 Å². The summed E-state index contributed by atoms with van der Waals surface area (Å²) < 4.78 is 0. The second kappa shape index (κ2) is 5.68. The van der Waals surface area contributed by atoms with Gasteiger partial charge in [0.1, 0.15) is 0 Å². The van der Waals surface area contributed by atoms with E-state index in [9.17, 15) is 0 Å². The lowest BCUT2D eigenvalue weighted by Gasteiger charge is -2.07. The molecule has 18 heavy (non-hydrogen) atoms. The van der Waals surface area contributed by atoms with Crippen LogP contribution >= 0.6 is 23.2 Å². The van der Waals surface area contributed by atoms with Crippen molar-refractivity contribution in [3.8, 4) is 6.07 Å². The third-order valence-electron chi connectivity index (χ3n) is 2.35. The van der Waals surface area contributed by atoms with Gasteiger partial charge in [0.05, 0.1) is 6.07 Å². The lowest BCUT2D eigenvalue weighted by Crippen LogP contribution is -1.89. The summed E-state index contributed by atoms with van der Waals surface area (Å²) in [5.41, 5.74) is 2.38. The molecular weight excluding hydrogens is 267 g/mol. The van der Waals surface area contributed by atoms with Crippen molar-refractivity contribution < 1.29 is 0 Å². The van der Waals surface area contributed by atoms with Gasteiger partial charge in [-0.2, -0.15) is 5.26 Å². The predicted molar refractivity (Wildman–Crippen MR) is 73.4 cm³/mol. The minimum Gasteiger partial charge on any atom is -0.264 e. The molecule has 0 unspecified atom stereocenters. The Kier molecular flexibility index (Phi) is 3.99. The van der Waals surface area contributed by atoms with Crippen LogP contribution in [0.5, 0.6) is 0 Å². The summed E-state index contributed by atoms with van der Waals surface area (Å²) in [6, 6.07) is 10.9. The quantitative estimate of drug-likeness (QED) is 0.764. The van der Waals surface area contributed by atoms with Crippen LogP contribution in [0.2, 0.25) is 10.0 Å². The van der Waals surface area contributed by atoms with Gasteiger partial charge in [-0.25, -0.2) is 0 Å². The average Bonchev–Trinajstić information content (AvgIpc) is 2.36. The molecule has 1 heterocycles. The summed E-state index contributed by atoms with van der Waals surface area (Å²) >= 11 is 11.9. The number of pyridine rings is 1. The van der Waals surface area contributed by atoms with Gasteiger partial charge in [-0.05, 0) is 29.8 Å². The van der Waals surface area contributed by atoms with Crippen LogP contribution in [0.1, 0.15) is 11.1 Å². The Morgan fingerprint density at radius 2 is 1.89 bits per heavy atom. The van der Waals surface area contributed by atoms with Gasteiger partial charge in [-0.3, -0.25) is 4.98 Å². The lowest BCUT2D eigenvalue weighted by atomic mass is 9.99. The monoisotopic (exact) mass is 274 g/mol. The molecule has 0 aliphatic carbocycles. The second-order valence-electron chi connectivity index (χ2n) is 3.59. The van der Waals surface area contributed by atoms with E-state index in [4.69, 9.17) is 28.5 Å². The first-order chi connectivity index (χ1) is 8.70. The van der Waals surface area contributed by atoms with Crippen LogP contribution in [0.4, 0.5) is 0 Å². The molecule has 0 aliphatic heterocycles. The number of aromatic nitrogens is 1. The molecule has 0 saturated carbocycles. The zero-order chi connectivity index (χ0) is 13.0. The first-order valence-electron chi connectivity index (χ1n) is 5.17. The van der Waals surface area contributed by atoms with Crippen LogP contribution in [0.25, 0.3) is 5.57 Å². The molecule has 2 nitrogen and oxygen atoms in total. The summed E-state index contributed by atoms with van der Waals surface area (Å²) in [7, 11) is 0. The summed E-state index contributed by atoms with van der Waals surface area (Å²) in [4.78, 5) is 4.04. The Bertz CT molecular complexity index is 608. The van der Waals surface area contributed by atoms with E-state index in [1.165, 1.54) is 6.08 Å². The van der Waals surface area contributed by atoms with E-state index in [1.54, 1.807) is 30.6 Å². The van der Waals surface area contributed by atoms with E-state index in [0.717, 1.165) is 16.7 Å². The van der Waals surface area contributed by atoms with Crippen LogP contribution < -0.4 is 0 Å². The fraction of sp³-hybridized carbons (Fsp3) is 0. The highest BCUT2D eigenvalue weighted by Gasteiger charge is 2.07. The maximum absolute atomic E-state index is 8.89. The van der Waals surface area contributed by atoms with Gasteiger partial charge in [0.15, 0.2) is 0 Å². The highest BCUT2D eigenvalue weighted by Crippen LogP contribution is 2.28. The van der Waals surface area contributed by atoms with Gasteiger partial charge in [0, 0.05) is 39.7 Å². The van der Waals surface area contributed by atoms with Crippen molar-refractivity contribution in [3.63, 3.8) is 0 Å². The molecule has 0 saturated heterocycles. The van der Waals surface area contributed by atoms with Crippen molar-refractivity contribution in [2.75, 3.05) is 0 Å². The maximum atomic E-state index is 8.89. The summed E-state index contributed by atoms with van der Waals surface area (Å²) in [6.45, 7) is 0. The zero-order valence-corrected chi connectivity index (χ0v) is 10.8. The SMILES string of the molecule is N#CC=C(c1cccnc1)c1cc(Cl)cc(Cl)c1. The van der Waals surface area contributed by atoms with Crippen molar-refractivity contribution in [3.05, 3.63) is 70.0 Å². The van der Waals surface area contributed by atoms with E-state index >= 15 is 0 Å². The van der Waals surface area contributed by atoms with Crippen molar-refractivity contribution in [1.29, 1.82) is 5.26 Å². The normalized spacial score (nSPS) is 11.1. The van der Waals surface area contributed by atoms with Gasteiger partial charge in [-0.1, -0.05) is 29.3 Å². The molecular formula is C14H8Cl2N2. The average molecular weight is 275 g/mol. The molecule has 0 bridgehead atoms. The summed E-state index contributed by atoms with van der Waals surface area (Å²) in [5.74, 6) is 0. The number of nitriles is 1. The molecule has 0 amide bonds. The van der Waals surface area contributed by atoms with Crippen LogP contribution in [0, 0.1) is 11.3 Å². The summed E-state index contributed by atoms with van der Waals surface area (Å²) in [5, 5.41) is 9.95. The molecule has 4 heteroatoms. The number of hydrogen-bond donors (Lipinski definition) is 0. The second-order valence-corrected chi connectivity index (χ2v) is 4.46. The van der Waals surface area contributed by atoms with E-state index in [2.05, 4.69) is 4.98 Å². The number of allylic oxidation sites excluding steroid dienone is 1. The Morgan fingerprint density at radius 1 is 1.17 bits per heavy atom. The van der Waals surface area contributed by atoms with Gasteiger partial charge < -0.3 is 0 Å². The van der Waals surface area contributed by atoms with Crippen LogP contribution in [0.15, 0.2) is 48.8 Å². The Morgan fingerprint density at radius 3 is 2.44 bits per heavy atom. The highest BCUT2D eigenvalue weighted by atomic mass is 35.5. The zero-order valence-electron chi connectivity index (χ0n) is 9.27. The number of hydrogen-bond acceptors (Lipinski definition) is 2. The predicted octanol–water partition coefficient (Wildman–Crippen LogP) is 4.34. The van der Waals surface area contributed by atoms with Gasteiger partial charge in [0.25, 0.3) is 0 Å². The van der Waals surface area contributed by atoms with Crippen molar-refractivity contribution >= 4 is 28.8 Å². The molecule has 0 radical (unpaired) electrons. The van der Waals surface area contributed by atoms with Crippen LogP contribution in [0.3, 0.4) is 0 Å². The number of benzene rings is 1. The number of rotatable bonds is 2. The van der Waals surface area contributed by atoms with Gasteiger partial charge in [0.2, 0.25) is 0 Å². The third kappa shape index (κ3) is 2.89. The minimum absolute atomic E-state index is 0.533. The van der Waals surface area contributed by atoms with E-state index in [1.807, 2.05) is 18.2 Å². The molecule has 2 aromatic rings. The Hall–Kier alpha value is -1.82. The first-order valence-corrected chi connectivity index (χ1v) is 5.93. The minimum atomic E-state index is 0.533. The third-order valence-corrected chi connectivity index (χ3v) is 2.79. The molecule has 0 atom stereocenters. The van der Waals surface area contributed by atoms with E-state index in [-0.39, 0.29) is 0 Å². The van der Waals surface area contributed by atoms with Crippen molar-refractivity contribution in [1.82, 2.24) is 4.98 Å². The highest BCUT2D eigenvalue weighted by molar-refractivity contribution is 6.34. The van der Waals surface area contributed by atoms with Gasteiger partial charge >= 0.3 is 0 Å². The summed E-state index contributed by atoms with van der Waals surface area (Å²) in [6.07, 6.45) is 4.83. The molecule has 0 N–H and O–H groups in total. The topological polar surface area (TPSA) is 36.7 Å². The Labute approximate surface area is 115 Å². The molecule has 1 aromatic heterocycles. The number of nitrogens with zero attached hydrogens (tertiary/aromatic N) is 2. The number of halogens is 2. The maximum Gasteiger partial charge on any atom is 0.0918 e. The molecule has 0 spiro atoms. The lowest BCUT2D eigenvalue weighted by molar-refractivity contribution is 1.31. The van der Waals surface area contributed by atoms with Crippen LogP contribution in [-0.4, -0.2) is 4.98 Å².